The number of likely N-dealkylation sites (N-methyl/N-ethyl adjacent to an activating group) is 1. The minimum atomic E-state index is -0.429. The van der Waals surface area contributed by atoms with Crippen molar-refractivity contribution in [2.75, 3.05) is 43.7 Å². The first-order valence-corrected chi connectivity index (χ1v) is 14.2. The fraction of sp³-hybridized carbons (Fsp3) is 0.250. The number of nitrogens with zero attached hydrogens (tertiary/aromatic N) is 2. The van der Waals surface area contributed by atoms with Gasteiger partial charge in [-0.2, -0.15) is 0 Å². The van der Waals surface area contributed by atoms with E-state index in [0.717, 1.165) is 11.4 Å². The largest absolute Gasteiger partial charge is 0.494 e. The number of anilines is 2. The van der Waals surface area contributed by atoms with E-state index in [-0.39, 0.29) is 19.1 Å². The zero-order chi connectivity index (χ0) is 30.9. The molecule has 4 rings (SSSR count). The number of nitrogens with one attached hydrogen (secondary N) is 1. The van der Waals surface area contributed by atoms with Crippen LogP contribution in [0.15, 0.2) is 72.4 Å². The molecule has 1 heterocycles. The van der Waals surface area contributed by atoms with Crippen molar-refractivity contribution in [2.45, 2.75) is 20.8 Å². The Morgan fingerprint density at radius 2 is 1.63 bits per heavy atom. The maximum atomic E-state index is 13.3. The average Bonchev–Trinajstić information content (AvgIpc) is 3.25. The molecule has 224 valence electrons. The number of amides is 2. The molecule has 1 saturated heterocycles. The van der Waals surface area contributed by atoms with Gasteiger partial charge in [0.1, 0.15) is 11.4 Å². The Bertz CT molecular complexity index is 1520. The highest BCUT2D eigenvalue weighted by atomic mass is 32.1. The van der Waals surface area contributed by atoms with Crippen molar-refractivity contribution in [3.63, 3.8) is 0 Å². The predicted molar refractivity (Wildman–Crippen MR) is 168 cm³/mol. The zero-order valence-corrected chi connectivity index (χ0v) is 25.2. The highest BCUT2D eigenvalue weighted by Gasteiger charge is 2.38. The van der Waals surface area contributed by atoms with E-state index < -0.39 is 11.9 Å². The summed E-state index contributed by atoms with van der Waals surface area (Å²) in [6.07, 6.45) is 1.74. The van der Waals surface area contributed by atoms with Gasteiger partial charge in [0.2, 0.25) is 0 Å². The molecule has 0 spiro atoms. The Kier molecular flexibility index (Phi) is 10.3. The van der Waals surface area contributed by atoms with Gasteiger partial charge in [-0.1, -0.05) is 6.07 Å². The molecule has 0 unspecified atom stereocenters. The fourth-order valence-corrected chi connectivity index (χ4v) is 4.77. The second-order valence-electron chi connectivity index (χ2n) is 9.17. The van der Waals surface area contributed by atoms with Crippen molar-refractivity contribution in [3.8, 4) is 17.2 Å². The van der Waals surface area contributed by atoms with Gasteiger partial charge in [-0.05, 0) is 105 Å². The normalized spacial score (nSPS) is 13.7. The van der Waals surface area contributed by atoms with Crippen LogP contribution in [-0.2, 0) is 14.3 Å². The van der Waals surface area contributed by atoms with Crippen LogP contribution in [0, 0.1) is 0 Å². The molecule has 3 aromatic carbocycles. The Labute approximate surface area is 255 Å². The summed E-state index contributed by atoms with van der Waals surface area (Å²) in [4.78, 5) is 40.9. The summed E-state index contributed by atoms with van der Waals surface area (Å²) in [7, 11) is 1.49. The lowest BCUT2D eigenvalue weighted by Crippen LogP contribution is -2.32. The third-order valence-corrected chi connectivity index (χ3v) is 6.78. The van der Waals surface area contributed by atoms with E-state index in [0.29, 0.717) is 52.3 Å². The van der Waals surface area contributed by atoms with E-state index in [4.69, 9.17) is 31.2 Å². The summed E-state index contributed by atoms with van der Waals surface area (Å²) < 4.78 is 21.8. The van der Waals surface area contributed by atoms with Crippen LogP contribution in [0.1, 0.15) is 36.7 Å². The summed E-state index contributed by atoms with van der Waals surface area (Å²) in [6.45, 7) is 6.49. The van der Waals surface area contributed by atoms with Crippen molar-refractivity contribution in [1.82, 2.24) is 4.90 Å². The maximum absolute atomic E-state index is 13.3. The summed E-state index contributed by atoms with van der Waals surface area (Å²) in [6, 6.07) is 18.9. The minimum absolute atomic E-state index is 0.215. The number of carbonyl (C=O) groups is 3. The van der Waals surface area contributed by atoms with E-state index in [1.54, 1.807) is 60.4 Å². The number of hydrogen-bond donors (Lipinski definition) is 1. The van der Waals surface area contributed by atoms with Crippen LogP contribution in [0.5, 0.6) is 17.2 Å². The molecule has 3 aromatic rings. The summed E-state index contributed by atoms with van der Waals surface area (Å²) in [5, 5.41) is 3.11. The fourth-order valence-electron chi connectivity index (χ4n) is 4.35. The lowest BCUT2D eigenvalue weighted by atomic mass is 10.1. The van der Waals surface area contributed by atoms with Gasteiger partial charge in [0.15, 0.2) is 23.2 Å². The van der Waals surface area contributed by atoms with Gasteiger partial charge >= 0.3 is 5.97 Å². The average molecular weight is 604 g/mol. The third-order valence-electron chi connectivity index (χ3n) is 6.38. The van der Waals surface area contributed by atoms with Gasteiger partial charge in [0.05, 0.1) is 25.9 Å². The molecule has 10 nitrogen and oxygen atoms in total. The molecule has 0 aromatic heterocycles. The highest BCUT2D eigenvalue weighted by molar-refractivity contribution is 7.80. The van der Waals surface area contributed by atoms with Gasteiger partial charge in [-0.3, -0.25) is 19.4 Å². The smallest absolute Gasteiger partial charge is 0.338 e. The second-order valence-corrected chi connectivity index (χ2v) is 9.53. The molecule has 0 radical (unpaired) electrons. The molecular formula is C32H33N3O7S. The topological polar surface area (TPSA) is 107 Å². The van der Waals surface area contributed by atoms with Crippen molar-refractivity contribution >= 4 is 52.6 Å². The molecule has 1 fully saturated rings. The monoisotopic (exact) mass is 603 g/mol. The van der Waals surface area contributed by atoms with E-state index in [1.165, 1.54) is 12.0 Å². The first kappa shape index (κ1) is 31.0. The first-order valence-electron chi connectivity index (χ1n) is 13.8. The SMILES string of the molecule is CCOC(=O)c1ccc(NC(=O)COc2ccc(C=C3C(=O)N(CC)C(=S)N3c3ccc(OCC)cc3)cc2OC)cc1. The molecule has 1 N–H and O–H groups in total. The van der Waals surface area contributed by atoms with Crippen LogP contribution >= 0.6 is 12.2 Å². The molecule has 1 aliphatic heterocycles. The van der Waals surface area contributed by atoms with Crippen LogP contribution in [0.25, 0.3) is 6.08 Å². The summed E-state index contributed by atoms with van der Waals surface area (Å²) in [5.41, 5.74) is 2.70. The number of thiocarbonyl (C=S) groups is 1. The predicted octanol–water partition coefficient (Wildman–Crippen LogP) is 5.28. The van der Waals surface area contributed by atoms with Crippen LogP contribution in [0.2, 0.25) is 0 Å². The van der Waals surface area contributed by atoms with Crippen molar-refractivity contribution in [3.05, 3.63) is 83.6 Å². The summed E-state index contributed by atoms with van der Waals surface area (Å²) in [5.74, 6) is 0.418. The summed E-state index contributed by atoms with van der Waals surface area (Å²) >= 11 is 5.66. The van der Waals surface area contributed by atoms with Crippen LogP contribution in [0.3, 0.4) is 0 Å². The molecular weight excluding hydrogens is 570 g/mol. The number of hydrogen-bond acceptors (Lipinski definition) is 8. The van der Waals surface area contributed by atoms with Crippen LogP contribution < -0.4 is 24.4 Å². The van der Waals surface area contributed by atoms with Crippen LogP contribution in [-0.4, -0.2) is 61.3 Å². The molecule has 0 atom stereocenters. The highest BCUT2D eigenvalue weighted by Crippen LogP contribution is 2.33. The quantitative estimate of drug-likeness (QED) is 0.168. The Morgan fingerprint density at radius 3 is 2.26 bits per heavy atom. The van der Waals surface area contributed by atoms with E-state index in [1.807, 2.05) is 38.1 Å². The molecule has 43 heavy (non-hydrogen) atoms. The van der Waals surface area contributed by atoms with Gasteiger partial charge in [-0.15, -0.1) is 0 Å². The number of esters is 1. The second kappa shape index (κ2) is 14.3. The van der Waals surface area contributed by atoms with E-state index in [2.05, 4.69) is 5.32 Å². The van der Waals surface area contributed by atoms with E-state index >= 15 is 0 Å². The zero-order valence-electron chi connectivity index (χ0n) is 24.4. The minimum Gasteiger partial charge on any atom is -0.494 e. The number of methoxy groups -OCH3 is 1. The van der Waals surface area contributed by atoms with Crippen LogP contribution in [0.4, 0.5) is 11.4 Å². The number of rotatable bonds is 12. The van der Waals surface area contributed by atoms with Gasteiger partial charge < -0.3 is 24.3 Å². The number of carbonyl (C=O) groups excluding carboxylic acids is 3. The third kappa shape index (κ3) is 7.31. The maximum Gasteiger partial charge on any atom is 0.338 e. The van der Waals surface area contributed by atoms with Gasteiger partial charge in [0.25, 0.3) is 11.8 Å². The lowest BCUT2D eigenvalue weighted by molar-refractivity contribution is -0.122. The standard InChI is InChI=1S/C32H33N3O7S/c1-5-34-30(37)26(35(32(34)43)24-13-15-25(16-14-24)40-6-2)18-21-8-17-27(28(19-21)39-4)42-20-29(36)33-23-11-9-22(10-12-23)31(38)41-7-3/h8-19H,5-7,20H2,1-4H3,(H,33,36). The first-order chi connectivity index (χ1) is 20.8. The molecule has 0 saturated carbocycles. The molecule has 1 aliphatic rings. The van der Waals surface area contributed by atoms with Crippen molar-refractivity contribution in [2.24, 2.45) is 0 Å². The Hall–Kier alpha value is -4.90. The Balaban J connectivity index is 1.48. The van der Waals surface area contributed by atoms with E-state index in [9.17, 15) is 14.4 Å². The van der Waals surface area contributed by atoms with Gasteiger partial charge in [-0.25, -0.2) is 4.79 Å². The number of ether oxygens (including phenoxy) is 4. The molecule has 2 amide bonds. The van der Waals surface area contributed by atoms with Crippen molar-refractivity contribution < 1.29 is 33.3 Å². The molecule has 0 bridgehead atoms. The Morgan fingerprint density at radius 1 is 0.907 bits per heavy atom. The number of benzene rings is 3. The molecule has 11 heteroatoms. The van der Waals surface area contributed by atoms with Gasteiger partial charge in [0, 0.05) is 17.9 Å². The lowest BCUT2D eigenvalue weighted by Gasteiger charge is -2.20. The molecule has 0 aliphatic carbocycles. The van der Waals surface area contributed by atoms with Crippen molar-refractivity contribution in [1.29, 1.82) is 0 Å².